The lowest BCUT2D eigenvalue weighted by atomic mass is 10.1. The molecular formula is C16H19Cl2NO2. The van der Waals surface area contributed by atoms with Gasteiger partial charge >= 0.3 is 0 Å². The van der Waals surface area contributed by atoms with E-state index >= 15 is 0 Å². The zero-order valence-corrected chi connectivity index (χ0v) is 13.7. The van der Waals surface area contributed by atoms with Gasteiger partial charge in [-0.05, 0) is 32.0 Å². The molecular weight excluding hydrogens is 309 g/mol. The van der Waals surface area contributed by atoms with Crippen molar-refractivity contribution in [2.24, 2.45) is 0 Å². The average Bonchev–Trinajstić information content (AvgIpc) is 2.91. The van der Waals surface area contributed by atoms with Gasteiger partial charge in [-0.3, -0.25) is 0 Å². The van der Waals surface area contributed by atoms with E-state index in [0.29, 0.717) is 28.9 Å². The van der Waals surface area contributed by atoms with Crippen LogP contribution in [0.5, 0.6) is 5.75 Å². The van der Waals surface area contributed by atoms with E-state index < -0.39 is 0 Å². The van der Waals surface area contributed by atoms with Crippen molar-refractivity contribution in [2.75, 3.05) is 13.2 Å². The van der Waals surface area contributed by atoms with Gasteiger partial charge in [-0.2, -0.15) is 0 Å². The van der Waals surface area contributed by atoms with Gasteiger partial charge in [0.25, 0.3) is 0 Å². The number of ether oxygens (including phenoxy) is 1. The zero-order chi connectivity index (χ0) is 15.2. The molecule has 0 atom stereocenters. The van der Waals surface area contributed by atoms with E-state index in [1.165, 1.54) is 0 Å². The van der Waals surface area contributed by atoms with Crippen LogP contribution in [0, 0.1) is 0 Å². The lowest BCUT2D eigenvalue weighted by Gasteiger charge is -2.11. The molecule has 1 N–H and O–H groups in total. The highest BCUT2D eigenvalue weighted by molar-refractivity contribution is 6.36. The van der Waals surface area contributed by atoms with Crippen LogP contribution in [0.1, 0.15) is 26.0 Å². The minimum atomic E-state index is 0.546. The Kier molecular flexibility index (Phi) is 5.97. The number of furan rings is 1. The molecule has 2 rings (SSSR count). The maximum Gasteiger partial charge on any atom is 0.139 e. The number of hydrogen-bond acceptors (Lipinski definition) is 3. The summed E-state index contributed by atoms with van der Waals surface area (Å²) in [5.41, 5.74) is 1.81. The number of rotatable bonds is 7. The molecule has 21 heavy (non-hydrogen) atoms. The third kappa shape index (κ3) is 3.94. The van der Waals surface area contributed by atoms with Crippen molar-refractivity contribution in [2.45, 2.75) is 26.8 Å². The van der Waals surface area contributed by atoms with E-state index in [1.54, 1.807) is 12.3 Å². The Morgan fingerprint density at radius 3 is 2.67 bits per heavy atom. The predicted octanol–water partition coefficient (Wildman–Crippen LogP) is 5.15. The van der Waals surface area contributed by atoms with Gasteiger partial charge in [0, 0.05) is 17.2 Å². The predicted molar refractivity (Wildman–Crippen MR) is 87.3 cm³/mol. The summed E-state index contributed by atoms with van der Waals surface area (Å²) in [5.74, 6) is 1.45. The molecule has 0 aliphatic heterocycles. The van der Waals surface area contributed by atoms with E-state index in [0.717, 1.165) is 29.9 Å². The van der Waals surface area contributed by atoms with Crippen molar-refractivity contribution in [3.63, 3.8) is 0 Å². The molecule has 1 aromatic carbocycles. The maximum atomic E-state index is 6.36. The van der Waals surface area contributed by atoms with Crippen LogP contribution >= 0.6 is 23.2 Å². The summed E-state index contributed by atoms with van der Waals surface area (Å²) >= 11 is 12.6. The Morgan fingerprint density at radius 1 is 1.14 bits per heavy atom. The highest BCUT2D eigenvalue weighted by atomic mass is 35.5. The number of halogens is 2. The first-order valence-corrected chi connectivity index (χ1v) is 7.82. The molecule has 5 heteroatoms. The minimum Gasteiger partial charge on any atom is -0.492 e. The van der Waals surface area contributed by atoms with Crippen LogP contribution in [-0.2, 0) is 6.54 Å². The number of nitrogens with one attached hydrogen (secondary N) is 1. The van der Waals surface area contributed by atoms with E-state index in [9.17, 15) is 0 Å². The van der Waals surface area contributed by atoms with Crippen LogP contribution in [0.4, 0.5) is 0 Å². The van der Waals surface area contributed by atoms with Gasteiger partial charge in [-0.1, -0.05) is 30.1 Å². The van der Waals surface area contributed by atoms with Crippen molar-refractivity contribution in [3.8, 4) is 16.9 Å². The molecule has 0 aliphatic carbocycles. The smallest absolute Gasteiger partial charge is 0.139 e. The van der Waals surface area contributed by atoms with Crippen LogP contribution in [0.15, 0.2) is 28.9 Å². The van der Waals surface area contributed by atoms with Gasteiger partial charge in [-0.15, -0.1) is 0 Å². The molecule has 0 radical (unpaired) electrons. The normalized spacial score (nSPS) is 10.9. The molecule has 3 nitrogen and oxygen atoms in total. The van der Waals surface area contributed by atoms with Crippen LogP contribution < -0.4 is 10.1 Å². The monoisotopic (exact) mass is 327 g/mol. The van der Waals surface area contributed by atoms with Gasteiger partial charge in [0.1, 0.15) is 11.5 Å². The van der Waals surface area contributed by atoms with E-state index in [-0.39, 0.29) is 0 Å². The van der Waals surface area contributed by atoms with Crippen LogP contribution in [0.25, 0.3) is 11.1 Å². The second-order valence-corrected chi connectivity index (χ2v) is 5.44. The standard InChI is InChI=1S/C16H19Cl2NO2/c1-3-6-19-10-16-11(5-7-21-16)12-8-14(18)15(20-4-2)9-13(12)17/h5,7-9,19H,3-4,6,10H2,1-2H3. The van der Waals surface area contributed by atoms with E-state index in [4.69, 9.17) is 32.4 Å². The third-order valence-electron chi connectivity index (χ3n) is 3.07. The maximum absolute atomic E-state index is 6.36. The number of hydrogen-bond donors (Lipinski definition) is 1. The molecule has 0 unspecified atom stereocenters. The van der Waals surface area contributed by atoms with Crippen molar-refractivity contribution < 1.29 is 9.15 Å². The van der Waals surface area contributed by atoms with Gasteiger partial charge < -0.3 is 14.5 Å². The lowest BCUT2D eigenvalue weighted by Crippen LogP contribution is -2.13. The summed E-state index contributed by atoms with van der Waals surface area (Å²) in [6, 6.07) is 5.48. The van der Waals surface area contributed by atoms with Gasteiger partial charge in [0.2, 0.25) is 0 Å². The first-order valence-electron chi connectivity index (χ1n) is 7.06. The Bertz CT molecular complexity index is 596. The van der Waals surface area contributed by atoms with Crippen molar-refractivity contribution in [3.05, 3.63) is 40.3 Å². The molecule has 2 aromatic rings. The molecule has 0 saturated heterocycles. The average molecular weight is 328 g/mol. The van der Waals surface area contributed by atoms with Crippen LogP contribution in [-0.4, -0.2) is 13.2 Å². The molecule has 0 saturated carbocycles. The second kappa shape index (κ2) is 7.74. The van der Waals surface area contributed by atoms with Gasteiger partial charge in [0.15, 0.2) is 0 Å². The van der Waals surface area contributed by atoms with Crippen LogP contribution in [0.2, 0.25) is 10.0 Å². The molecule has 0 aliphatic rings. The summed E-state index contributed by atoms with van der Waals surface area (Å²) in [4.78, 5) is 0. The fourth-order valence-corrected chi connectivity index (χ4v) is 2.57. The number of benzene rings is 1. The minimum absolute atomic E-state index is 0.546. The molecule has 1 heterocycles. The Morgan fingerprint density at radius 2 is 1.95 bits per heavy atom. The molecule has 114 valence electrons. The van der Waals surface area contributed by atoms with E-state index in [2.05, 4.69) is 12.2 Å². The van der Waals surface area contributed by atoms with Gasteiger partial charge in [0.05, 0.1) is 29.5 Å². The first-order chi connectivity index (χ1) is 10.2. The zero-order valence-electron chi connectivity index (χ0n) is 12.2. The molecule has 0 fully saturated rings. The lowest BCUT2D eigenvalue weighted by molar-refractivity contribution is 0.340. The quantitative estimate of drug-likeness (QED) is 0.714. The summed E-state index contributed by atoms with van der Waals surface area (Å²) in [6.45, 7) is 6.19. The largest absolute Gasteiger partial charge is 0.492 e. The fourth-order valence-electron chi connectivity index (χ4n) is 2.10. The summed E-state index contributed by atoms with van der Waals surface area (Å²) in [7, 11) is 0. The van der Waals surface area contributed by atoms with Crippen molar-refractivity contribution >= 4 is 23.2 Å². The molecule has 0 spiro atoms. The molecule has 0 bridgehead atoms. The highest BCUT2D eigenvalue weighted by Crippen LogP contribution is 2.38. The van der Waals surface area contributed by atoms with E-state index in [1.807, 2.05) is 19.1 Å². The highest BCUT2D eigenvalue weighted by Gasteiger charge is 2.15. The summed E-state index contributed by atoms with van der Waals surface area (Å²) < 4.78 is 11.0. The SMILES string of the molecule is CCCNCc1occc1-c1cc(Cl)c(OCC)cc1Cl. The third-order valence-corrected chi connectivity index (χ3v) is 3.68. The molecule has 1 aromatic heterocycles. The Balaban J connectivity index is 2.30. The van der Waals surface area contributed by atoms with Gasteiger partial charge in [-0.25, -0.2) is 0 Å². The van der Waals surface area contributed by atoms with Crippen molar-refractivity contribution in [1.82, 2.24) is 5.32 Å². The molecule has 0 amide bonds. The summed E-state index contributed by atoms with van der Waals surface area (Å²) in [6.07, 6.45) is 2.74. The Hall–Kier alpha value is -1.16. The first kappa shape index (κ1) is 16.2. The summed E-state index contributed by atoms with van der Waals surface area (Å²) in [5, 5.41) is 4.46. The van der Waals surface area contributed by atoms with Crippen LogP contribution in [0.3, 0.4) is 0 Å². The Labute approximate surface area is 135 Å². The fraction of sp³-hybridized carbons (Fsp3) is 0.375. The second-order valence-electron chi connectivity index (χ2n) is 4.63. The topological polar surface area (TPSA) is 34.4 Å². The van der Waals surface area contributed by atoms with Crippen molar-refractivity contribution in [1.29, 1.82) is 0 Å².